The van der Waals surface area contributed by atoms with E-state index in [0.717, 1.165) is 12.2 Å². The summed E-state index contributed by atoms with van der Waals surface area (Å²) in [7, 11) is 0. The summed E-state index contributed by atoms with van der Waals surface area (Å²) in [6.45, 7) is 5.05. The van der Waals surface area contributed by atoms with Crippen molar-refractivity contribution in [3.8, 4) is 0 Å². The molecule has 0 unspecified atom stereocenters. The van der Waals surface area contributed by atoms with Crippen molar-refractivity contribution in [3.63, 3.8) is 0 Å². The molecule has 0 spiro atoms. The van der Waals surface area contributed by atoms with Crippen molar-refractivity contribution in [3.05, 3.63) is 53.3 Å². The third-order valence-electron chi connectivity index (χ3n) is 2.56. The van der Waals surface area contributed by atoms with Crippen LogP contribution in [0.3, 0.4) is 0 Å². The highest BCUT2D eigenvalue weighted by Crippen LogP contribution is 2.11. The molecule has 0 aliphatic heterocycles. The zero-order chi connectivity index (χ0) is 11.4. The maximum Gasteiger partial charge on any atom is 0.0666 e. The third-order valence-corrected chi connectivity index (χ3v) is 2.56. The molecule has 82 valence electrons. The molecule has 0 atom stereocenters. The van der Waals surface area contributed by atoms with Crippen LogP contribution < -0.4 is 0 Å². The highest BCUT2D eigenvalue weighted by molar-refractivity contribution is 5.70. The molecule has 2 aromatic rings. The van der Waals surface area contributed by atoms with Crippen LogP contribution in [0.25, 0.3) is 12.2 Å². The Hall–Kier alpha value is -1.83. The first-order valence-electron chi connectivity index (χ1n) is 5.57. The molecule has 0 amide bonds. The van der Waals surface area contributed by atoms with Crippen LogP contribution in [0.15, 0.2) is 36.5 Å². The number of nitrogens with zero attached hydrogens (tertiary/aromatic N) is 2. The Morgan fingerprint density at radius 1 is 1.19 bits per heavy atom. The minimum Gasteiger partial charge on any atom is -0.272 e. The highest BCUT2D eigenvalue weighted by Gasteiger charge is 1.99. The van der Waals surface area contributed by atoms with Gasteiger partial charge in [-0.05, 0) is 19.4 Å². The van der Waals surface area contributed by atoms with E-state index in [-0.39, 0.29) is 0 Å². The van der Waals surface area contributed by atoms with Crippen LogP contribution >= 0.6 is 0 Å². The summed E-state index contributed by atoms with van der Waals surface area (Å²) in [5.74, 6) is 0. The molecule has 0 aliphatic carbocycles. The maximum absolute atomic E-state index is 4.41. The second-order valence-electron chi connectivity index (χ2n) is 3.77. The molecule has 2 nitrogen and oxygen atoms in total. The second-order valence-corrected chi connectivity index (χ2v) is 3.77. The van der Waals surface area contributed by atoms with Crippen LogP contribution in [0.5, 0.6) is 0 Å². The molecule has 0 radical (unpaired) electrons. The second kappa shape index (κ2) is 4.79. The van der Waals surface area contributed by atoms with E-state index in [1.165, 1.54) is 11.1 Å². The standard InChI is InChI=1S/C14H16N2/c1-3-16-11-14(12(2)15-16)10-9-13-7-5-4-6-8-13/h4-11H,3H2,1-2H3. The molecular weight excluding hydrogens is 196 g/mol. The third kappa shape index (κ3) is 2.40. The minimum atomic E-state index is 0.917. The molecule has 0 saturated heterocycles. The van der Waals surface area contributed by atoms with Gasteiger partial charge >= 0.3 is 0 Å². The number of aryl methyl sites for hydroxylation is 2. The molecule has 0 bridgehead atoms. The van der Waals surface area contributed by atoms with Crippen molar-refractivity contribution in [2.45, 2.75) is 20.4 Å². The quantitative estimate of drug-likeness (QED) is 0.762. The van der Waals surface area contributed by atoms with Crippen molar-refractivity contribution < 1.29 is 0 Å². The van der Waals surface area contributed by atoms with Gasteiger partial charge in [0.1, 0.15) is 0 Å². The van der Waals surface area contributed by atoms with E-state index < -0.39 is 0 Å². The molecule has 1 aromatic heterocycles. The fraction of sp³-hybridized carbons (Fsp3) is 0.214. The van der Waals surface area contributed by atoms with Gasteiger partial charge in [0.05, 0.1) is 5.69 Å². The van der Waals surface area contributed by atoms with E-state index >= 15 is 0 Å². The molecule has 2 rings (SSSR count). The lowest BCUT2D eigenvalue weighted by Crippen LogP contribution is -1.93. The van der Waals surface area contributed by atoms with Crippen LogP contribution in [-0.2, 0) is 6.54 Å². The zero-order valence-electron chi connectivity index (χ0n) is 9.72. The number of rotatable bonds is 3. The minimum absolute atomic E-state index is 0.917. The molecule has 0 N–H and O–H groups in total. The average molecular weight is 212 g/mol. The van der Waals surface area contributed by atoms with E-state index in [1.807, 2.05) is 29.8 Å². The predicted octanol–water partition coefficient (Wildman–Crippen LogP) is 3.38. The van der Waals surface area contributed by atoms with E-state index in [0.29, 0.717) is 0 Å². The Morgan fingerprint density at radius 3 is 2.56 bits per heavy atom. The van der Waals surface area contributed by atoms with Gasteiger partial charge < -0.3 is 0 Å². The van der Waals surface area contributed by atoms with Gasteiger partial charge in [-0.1, -0.05) is 42.5 Å². The maximum atomic E-state index is 4.41. The van der Waals surface area contributed by atoms with Crippen LogP contribution in [0.1, 0.15) is 23.7 Å². The van der Waals surface area contributed by atoms with E-state index in [2.05, 4.69) is 42.5 Å². The van der Waals surface area contributed by atoms with Crippen molar-refractivity contribution in [2.75, 3.05) is 0 Å². The Labute approximate surface area is 96.2 Å². The number of benzene rings is 1. The van der Waals surface area contributed by atoms with Crippen LogP contribution in [-0.4, -0.2) is 9.78 Å². The summed E-state index contributed by atoms with van der Waals surface area (Å²) in [5.41, 5.74) is 3.48. The van der Waals surface area contributed by atoms with Gasteiger partial charge in [0, 0.05) is 18.3 Å². The van der Waals surface area contributed by atoms with Crippen molar-refractivity contribution in [1.82, 2.24) is 9.78 Å². The summed E-state index contributed by atoms with van der Waals surface area (Å²) in [4.78, 5) is 0. The lowest BCUT2D eigenvalue weighted by Gasteiger charge is -1.91. The number of aromatic nitrogens is 2. The van der Waals surface area contributed by atoms with Gasteiger partial charge in [-0.15, -0.1) is 0 Å². The first-order valence-corrected chi connectivity index (χ1v) is 5.57. The summed E-state index contributed by atoms with van der Waals surface area (Å²) in [6, 6.07) is 10.3. The smallest absolute Gasteiger partial charge is 0.0666 e. The van der Waals surface area contributed by atoms with Gasteiger partial charge in [-0.25, -0.2) is 0 Å². The van der Waals surface area contributed by atoms with Crippen LogP contribution in [0, 0.1) is 6.92 Å². The zero-order valence-corrected chi connectivity index (χ0v) is 9.72. The first-order chi connectivity index (χ1) is 7.79. The molecule has 1 aromatic carbocycles. The monoisotopic (exact) mass is 212 g/mol. The average Bonchev–Trinajstić information content (AvgIpc) is 2.69. The van der Waals surface area contributed by atoms with Gasteiger partial charge in [0.15, 0.2) is 0 Å². The van der Waals surface area contributed by atoms with Crippen LogP contribution in [0.2, 0.25) is 0 Å². The van der Waals surface area contributed by atoms with Crippen molar-refractivity contribution >= 4 is 12.2 Å². The van der Waals surface area contributed by atoms with E-state index in [4.69, 9.17) is 0 Å². The highest BCUT2D eigenvalue weighted by atomic mass is 15.3. The molecule has 0 aliphatic rings. The van der Waals surface area contributed by atoms with Gasteiger partial charge in [0.2, 0.25) is 0 Å². The molecule has 0 saturated carbocycles. The lowest BCUT2D eigenvalue weighted by molar-refractivity contribution is 0.653. The largest absolute Gasteiger partial charge is 0.272 e. The molecular formula is C14H16N2. The normalized spacial score (nSPS) is 11.1. The number of hydrogen-bond acceptors (Lipinski definition) is 1. The fourth-order valence-electron chi connectivity index (χ4n) is 1.61. The lowest BCUT2D eigenvalue weighted by atomic mass is 10.1. The predicted molar refractivity (Wildman–Crippen MR) is 68.0 cm³/mol. The topological polar surface area (TPSA) is 17.8 Å². The van der Waals surface area contributed by atoms with Gasteiger partial charge in [0.25, 0.3) is 0 Å². The number of hydrogen-bond donors (Lipinski definition) is 0. The Kier molecular flexibility index (Phi) is 3.20. The first kappa shape index (κ1) is 10.7. The summed E-state index contributed by atoms with van der Waals surface area (Å²) < 4.78 is 1.96. The van der Waals surface area contributed by atoms with E-state index in [9.17, 15) is 0 Å². The van der Waals surface area contributed by atoms with Gasteiger partial charge in [-0.2, -0.15) is 5.10 Å². The van der Waals surface area contributed by atoms with E-state index in [1.54, 1.807) is 0 Å². The molecule has 2 heteroatoms. The summed E-state index contributed by atoms with van der Waals surface area (Å²) >= 11 is 0. The Morgan fingerprint density at radius 2 is 1.94 bits per heavy atom. The summed E-state index contributed by atoms with van der Waals surface area (Å²) in [5, 5.41) is 4.41. The fourth-order valence-corrected chi connectivity index (χ4v) is 1.61. The Bertz CT molecular complexity index is 481. The molecule has 16 heavy (non-hydrogen) atoms. The van der Waals surface area contributed by atoms with Crippen molar-refractivity contribution in [1.29, 1.82) is 0 Å². The summed E-state index contributed by atoms with van der Waals surface area (Å²) in [6.07, 6.45) is 6.31. The van der Waals surface area contributed by atoms with Gasteiger partial charge in [-0.3, -0.25) is 4.68 Å². The molecule has 1 heterocycles. The molecule has 0 fully saturated rings. The SMILES string of the molecule is CCn1cc(C=Cc2ccccc2)c(C)n1. The Balaban J connectivity index is 2.20. The van der Waals surface area contributed by atoms with Crippen molar-refractivity contribution in [2.24, 2.45) is 0 Å². The van der Waals surface area contributed by atoms with Crippen LogP contribution in [0.4, 0.5) is 0 Å².